The van der Waals surface area contributed by atoms with Gasteiger partial charge in [0.25, 0.3) is 0 Å². The van der Waals surface area contributed by atoms with Gasteiger partial charge in [0, 0.05) is 9.53 Å². The maximum Gasteiger partial charge on any atom is 0.157 e. The summed E-state index contributed by atoms with van der Waals surface area (Å²) in [5.74, 6) is 0.937. The molecule has 2 fully saturated rings. The summed E-state index contributed by atoms with van der Waals surface area (Å²) in [7, 11) is 0. The van der Waals surface area contributed by atoms with Crippen molar-refractivity contribution in [3.63, 3.8) is 0 Å². The van der Waals surface area contributed by atoms with Crippen LogP contribution in [0.4, 0.5) is 0 Å². The fourth-order valence-corrected chi connectivity index (χ4v) is 5.61. The summed E-state index contributed by atoms with van der Waals surface area (Å²) < 4.78 is 37.1. The number of phenolic OH excluding ortho intramolecular Hbond substituents is 2. The van der Waals surface area contributed by atoms with E-state index in [4.69, 9.17) is 11.7 Å². The van der Waals surface area contributed by atoms with Gasteiger partial charge in [-0.1, -0.05) is 12.1 Å². The minimum Gasteiger partial charge on any atom is -0.504 e. The molecule has 4 atom stereocenters. The fraction of sp³-hybridized carbons (Fsp3) is 0.650. The van der Waals surface area contributed by atoms with Gasteiger partial charge in [0.2, 0.25) is 0 Å². The van der Waals surface area contributed by atoms with E-state index < -0.39 is 13.4 Å². The maximum atomic E-state index is 9.99. The molecule has 0 saturated heterocycles. The van der Waals surface area contributed by atoms with Gasteiger partial charge in [0.05, 0.1) is 8.45 Å². The summed E-state index contributed by atoms with van der Waals surface area (Å²) in [6, 6.07) is 3.39. The molecule has 24 heavy (non-hydrogen) atoms. The van der Waals surface area contributed by atoms with Crippen molar-refractivity contribution in [2.45, 2.75) is 58.2 Å². The van der Waals surface area contributed by atoms with Crippen molar-refractivity contribution < 1.29 is 21.9 Å². The van der Waals surface area contributed by atoms with Crippen LogP contribution in [-0.2, 0) is 11.3 Å². The molecule has 3 aliphatic carbocycles. The Hall–Kier alpha value is -1.71. The van der Waals surface area contributed by atoms with E-state index in [2.05, 4.69) is 12.1 Å². The first-order valence-corrected chi connectivity index (χ1v) is 8.74. The molecule has 4 heteroatoms. The van der Waals surface area contributed by atoms with Crippen molar-refractivity contribution in [2.75, 3.05) is 6.56 Å². The molecule has 4 nitrogen and oxygen atoms in total. The van der Waals surface area contributed by atoms with Gasteiger partial charge < -0.3 is 15.1 Å². The van der Waals surface area contributed by atoms with Gasteiger partial charge in [-0.3, -0.25) is 0 Å². The molecule has 0 radical (unpaired) electrons. The highest BCUT2D eigenvalue weighted by Crippen LogP contribution is 2.60. The highest BCUT2D eigenvalue weighted by Gasteiger charge is 2.53. The molecule has 0 unspecified atom stereocenters. The smallest absolute Gasteiger partial charge is 0.157 e. The zero-order valence-corrected chi connectivity index (χ0v) is 13.9. The predicted molar refractivity (Wildman–Crippen MR) is 93.4 cm³/mol. The number of fused-ring (bicyclic) bond motifs is 5. The van der Waals surface area contributed by atoms with Crippen LogP contribution in [0.5, 0.6) is 11.5 Å². The molecule has 3 aliphatic rings. The van der Waals surface area contributed by atoms with E-state index in [0.717, 1.165) is 48.9 Å². The lowest BCUT2D eigenvalue weighted by atomic mass is 9.55. The third kappa shape index (κ3) is 2.22. The van der Waals surface area contributed by atoms with Crippen LogP contribution in [0.25, 0.3) is 0 Å². The Bertz CT molecular complexity index is 853. The van der Waals surface area contributed by atoms with Crippen LogP contribution in [0.15, 0.2) is 17.3 Å². The molecule has 4 rings (SSSR count). The van der Waals surface area contributed by atoms with Crippen molar-refractivity contribution in [3.8, 4) is 11.5 Å². The third-order valence-electron chi connectivity index (χ3n) is 6.76. The van der Waals surface area contributed by atoms with Crippen LogP contribution in [-0.4, -0.2) is 22.5 Å². The van der Waals surface area contributed by atoms with Crippen molar-refractivity contribution in [1.29, 1.82) is 0 Å². The summed E-state index contributed by atoms with van der Waals surface area (Å²) in [4.78, 5) is 4.91. The molecule has 0 aromatic heterocycles. The number of hydrogen-bond donors (Lipinski definition) is 2. The van der Waals surface area contributed by atoms with Gasteiger partial charge >= 0.3 is 0 Å². The average molecular weight is 334 g/mol. The van der Waals surface area contributed by atoms with E-state index in [1.54, 1.807) is 12.1 Å². The first kappa shape index (κ1) is 11.0. The number of rotatable bonds is 2. The van der Waals surface area contributed by atoms with Crippen LogP contribution >= 0.6 is 0 Å². The molecule has 0 heterocycles. The summed E-state index contributed by atoms with van der Waals surface area (Å²) in [6.07, 6.45) is 5.18. The zero-order chi connectivity index (χ0) is 21.2. The van der Waals surface area contributed by atoms with E-state index in [1.165, 1.54) is 0 Å². The van der Waals surface area contributed by atoms with E-state index in [1.807, 2.05) is 0 Å². The molecular formula is C20H27NO3. The lowest BCUT2D eigenvalue weighted by molar-refractivity contribution is 0.0900. The van der Waals surface area contributed by atoms with Gasteiger partial charge in [0.1, 0.15) is 6.56 Å². The molecule has 0 spiro atoms. The number of oxime groups is 1. The molecular weight excluding hydrogens is 302 g/mol. The third-order valence-corrected chi connectivity index (χ3v) is 6.76. The molecule has 130 valence electrons. The summed E-state index contributed by atoms with van der Waals surface area (Å²) >= 11 is 0. The van der Waals surface area contributed by atoms with E-state index in [0.29, 0.717) is 24.2 Å². The second-order valence-electron chi connectivity index (χ2n) is 7.68. The number of hydrogen-bond acceptors (Lipinski definition) is 4. The molecule has 0 amide bonds. The molecule has 0 aliphatic heterocycles. The predicted octanol–water partition coefficient (Wildman–Crippen LogP) is 4.35. The van der Waals surface area contributed by atoms with Crippen molar-refractivity contribution >= 4 is 5.71 Å². The molecule has 0 bridgehead atoms. The Morgan fingerprint density at radius 2 is 2.12 bits per heavy atom. The quantitative estimate of drug-likeness (QED) is 0.624. The van der Waals surface area contributed by atoms with E-state index in [-0.39, 0.29) is 16.9 Å². The minimum absolute atomic E-state index is 0.0705. The van der Waals surface area contributed by atoms with Gasteiger partial charge in [-0.25, -0.2) is 0 Å². The van der Waals surface area contributed by atoms with Crippen LogP contribution in [0.2, 0.25) is 0 Å². The SMILES string of the molecule is [2H]C([2H])([2H])C([2H])([2H])O/N=C1/CC[C@H]2[C@@H]3CCc4cc(O)c(O)cc4[C@H]3CC[C@]12C. The van der Waals surface area contributed by atoms with Crippen LogP contribution in [0, 0.1) is 17.3 Å². The Labute approximate surface area is 150 Å². The fourth-order valence-electron chi connectivity index (χ4n) is 5.61. The highest BCUT2D eigenvalue weighted by atomic mass is 16.6. The Kier molecular flexibility index (Phi) is 2.61. The largest absolute Gasteiger partial charge is 0.504 e. The van der Waals surface area contributed by atoms with Crippen LogP contribution < -0.4 is 0 Å². The Morgan fingerprint density at radius 3 is 2.96 bits per heavy atom. The first-order valence-electron chi connectivity index (χ1n) is 11.2. The maximum absolute atomic E-state index is 9.99. The Morgan fingerprint density at radius 1 is 1.29 bits per heavy atom. The van der Waals surface area contributed by atoms with Crippen LogP contribution in [0.1, 0.15) is 69.8 Å². The minimum atomic E-state index is -2.89. The van der Waals surface area contributed by atoms with E-state index in [9.17, 15) is 10.2 Å². The first-order chi connectivity index (χ1) is 13.4. The highest BCUT2D eigenvalue weighted by molar-refractivity contribution is 5.92. The topological polar surface area (TPSA) is 62.0 Å². The van der Waals surface area contributed by atoms with Crippen molar-refractivity contribution in [3.05, 3.63) is 23.3 Å². The van der Waals surface area contributed by atoms with E-state index >= 15 is 0 Å². The number of phenols is 2. The lowest BCUT2D eigenvalue weighted by Crippen LogP contribution is -2.42. The van der Waals surface area contributed by atoms with Gasteiger partial charge in [-0.2, -0.15) is 0 Å². The Balaban J connectivity index is 1.59. The molecule has 1 aromatic carbocycles. The molecule has 2 saturated carbocycles. The van der Waals surface area contributed by atoms with Crippen molar-refractivity contribution in [1.82, 2.24) is 0 Å². The zero-order valence-electron chi connectivity index (χ0n) is 18.9. The summed E-state index contributed by atoms with van der Waals surface area (Å²) in [6.45, 7) is -3.57. The van der Waals surface area contributed by atoms with Gasteiger partial charge in [0.15, 0.2) is 11.5 Å². The molecule has 2 N–H and O–H groups in total. The van der Waals surface area contributed by atoms with Crippen LogP contribution in [0.3, 0.4) is 0 Å². The lowest BCUT2D eigenvalue weighted by Gasteiger charge is -2.49. The summed E-state index contributed by atoms with van der Waals surface area (Å²) in [5, 5.41) is 23.9. The summed E-state index contributed by atoms with van der Waals surface area (Å²) in [5.41, 5.74) is 2.75. The average Bonchev–Trinajstić information content (AvgIpc) is 2.96. The number of aryl methyl sites for hydroxylation is 1. The second-order valence-corrected chi connectivity index (χ2v) is 7.68. The van der Waals surface area contributed by atoms with Gasteiger partial charge in [-0.15, -0.1) is 0 Å². The monoisotopic (exact) mass is 334 g/mol. The number of aromatic hydroxyl groups is 2. The number of benzene rings is 1. The second kappa shape index (κ2) is 5.68. The molecule has 1 aromatic rings. The number of nitrogens with zero attached hydrogens (tertiary/aromatic N) is 1. The normalized spacial score (nSPS) is 40.3. The van der Waals surface area contributed by atoms with Crippen molar-refractivity contribution in [2.24, 2.45) is 22.4 Å². The standard InChI is InChI=1S/C20H27NO3/c1-3-24-21-19-7-6-16-14-5-4-12-10-17(22)18(23)11-15(12)13(14)8-9-20(16,19)2/h10-11,13-14,16,22-23H,3-9H2,1-2H3/b21-19-/t13-,14+,16-,20-/m0/s1/i1D3,3D2. The van der Waals surface area contributed by atoms with Gasteiger partial charge in [-0.05, 0) is 86.4 Å².